The topological polar surface area (TPSA) is 17.1 Å². The van der Waals surface area contributed by atoms with Crippen LogP contribution in [0.3, 0.4) is 0 Å². The number of carbonyl (C=O) groups is 1. The lowest BCUT2D eigenvalue weighted by Gasteiger charge is -2.07. The van der Waals surface area contributed by atoms with Gasteiger partial charge in [-0.05, 0) is 28.3 Å². The van der Waals surface area contributed by atoms with Gasteiger partial charge in [0.25, 0.3) is 0 Å². The summed E-state index contributed by atoms with van der Waals surface area (Å²) < 4.78 is 0. The Kier molecular flexibility index (Phi) is 3.04. The maximum Gasteiger partial charge on any atom is 0.127 e. The molecule has 0 spiro atoms. The second-order valence-corrected chi connectivity index (χ2v) is 4.22. The van der Waals surface area contributed by atoms with E-state index in [4.69, 9.17) is 0 Å². The van der Waals surface area contributed by atoms with Crippen LogP contribution in [-0.4, -0.2) is 6.29 Å². The summed E-state index contributed by atoms with van der Waals surface area (Å²) in [5.74, 6) is -0.0183. The smallest absolute Gasteiger partial charge is 0.127 e. The molecule has 1 atom stereocenters. The first kappa shape index (κ1) is 10.9. The van der Waals surface area contributed by atoms with Crippen LogP contribution in [0.1, 0.15) is 30.9 Å². The van der Waals surface area contributed by atoms with E-state index in [2.05, 4.69) is 37.3 Å². The Morgan fingerprint density at radius 3 is 2.50 bits per heavy atom. The van der Waals surface area contributed by atoms with Crippen LogP contribution >= 0.6 is 0 Å². The lowest BCUT2D eigenvalue weighted by atomic mass is 9.97. The fourth-order valence-electron chi connectivity index (χ4n) is 1.90. The first-order valence-electron chi connectivity index (χ1n) is 5.72. The first-order chi connectivity index (χ1) is 7.74. The van der Waals surface area contributed by atoms with Crippen molar-refractivity contribution in [2.24, 2.45) is 0 Å². The molecule has 1 nitrogen and oxygen atoms in total. The van der Waals surface area contributed by atoms with Gasteiger partial charge in [-0.25, -0.2) is 0 Å². The number of aryl methyl sites for hydroxylation is 1. The maximum atomic E-state index is 10.7. The molecule has 2 rings (SSSR count). The summed E-state index contributed by atoms with van der Waals surface area (Å²) in [4.78, 5) is 10.7. The van der Waals surface area contributed by atoms with Crippen molar-refractivity contribution in [1.29, 1.82) is 0 Å². The van der Waals surface area contributed by atoms with Crippen LogP contribution < -0.4 is 0 Å². The van der Waals surface area contributed by atoms with E-state index in [0.717, 1.165) is 18.3 Å². The molecule has 0 fully saturated rings. The van der Waals surface area contributed by atoms with Gasteiger partial charge in [0.2, 0.25) is 0 Å². The molecular weight excluding hydrogens is 196 g/mol. The van der Waals surface area contributed by atoms with Crippen molar-refractivity contribution in [3.8, 4) is 0 Å². The third-order valence-corrected chi connectivity index (χ3v) is 3.07. The van der Waals surface area contributed by atoms with E-state index in [1.54, 1.807) is 0 Å². The molecule has 0 aromatic heterocycles. The number of hydrogen-bond acceptors (Lipinski definition) is 1. The maximum absolute atomic E-state index is 10.7. The Hall–Kier alpha value is -1.63. The molecule has 0 aliphatic carbocycles. The molecule has 16 heavy (non-hydrogen) atoms. The predicted octanol–water partition coefficient (Wildman–Crippen LogP) is 3.70. The molecule has 0 radical (unpaired) electrons. The van der Waals surface area contributed by atoms with Crippen molar-refractivity contribution in [3.63, 3.8) is 0 Å². The van der Waals surface area contributed by atoms with Gasteiger partial charge >= 0.3 is 0 Å². The molecule has 0 aliphatic heterocycles. The molecule has 2 aromatic rings. The van der Waals surface area contributed by atoms with Crippen LogP contribution in [0, 0.1) is 0 Å². The SMILES string of the molecule is CCc1ccc2cc(C(C)C=O)ccc2c1. The minimum absolute atomic E-state index is 0.0183. The molecule has 0 bridgehead atoms. The number of hydrogen-bond donors (Lipinski definition) is 0. The van der Waals surface area contributed by atoms with Gasteiger partial charge in [-0.1, -0.05) is 50.2 Å². The van der Waals surface area contributed by atoms with Crippen molar-refractivity contribution in [2.75, 3.05) is 0 Å². The summed E-state index contributed by atoms with van der Waals surface area (Å²) in [5, 5.41) is 2.46. The number of carbonyl (C=O) groups excluding carboxylic acids is 1. The van der Waals surface area contributed by atoms with Crippen molar-refractivity contribution >= 4 is 17.1 Å². The number of benzene rings is 2. The lowest BCUT2D eigenvalue weighted by Crippen LogP contribution is -1.93. The fourth-order valence-corrected chi connectivity index (χ4v) is 1.90. The van der Waals surface area contributed by atoms with Crippen LogP contribution in [0.5, 0.6) is 0 Å². The Balaban J connectivity index is 2.51. The average Bonchev–Trinajstić information content (AvgIpc) is 2.36. The van der Waals surface area contributed by atoms with Crippen LogP contribution in [0.25, 0.3) is 10.8 Å². The minimum Gasteiger partial charge on any atom is -0.303 e. The second-order valence-electron chi connectivity index (χ2n) is 4.22. The molecule has 2 aromatic carbocycles. The minimum atomic E-state index is -0.0183. The van der Waals surface area contributed by atoms with Gasteiger partial charge in [-0.3, -0.25) is 0 Å². The molecule has 82 valence electrons. The van der Waals surface area contributed by atoms with E-state index in [9.17, 15) is 4.79 Å². The molecule has 0 saturated heterocycles. The third kappa shape index (κ3) is 1.99. The predicted molar refractivity (Wildman–Crippen MR) is 67.8 cm³/mol. The standard InChI is InChI=1S/C15H16O/c1-3-12-4-5-15-9-13(11(2)10-16)6-7-14(15)8-12/h4-11H,3H2,1-2H3. The van der Waals surface area contributed by atoms with Gasteiger partial charge < -0.3 is 4.79 Å². The molecular formula is C15H16O. The highest BCUT2D eigenvalue weighted by atomic mass is 16.1. The van der Waals surface area contributed by atoms with Gasteiger partial charge in [0.15, 0.2) is 0 Å². The van der Waals surface area contributed by atoms with Crippen LogP contribution in [0.2, 0.25) is 0 Å². The summed E-state index contributed by atoms with van der Waals surface area (Å²) in [6, 6.07) is 12.7. The highest BCUT2D eigenvalue weighted by Gasteiger charge is 2.04. The van der Waals surface area contributed by atoms with Gasteiger partial charge in [0.05, 0.1) is 0 Å². The van der Waals surface area contributed by atoms with Gasteiger partial charge in [0, 0.05) is 5.92 Å². The largest absolute Gasteiger partial charge is 0.303 e. The highest BCUT2D eigenvalue weighted by molar-refractivity contribution is 5.84. The van der Waals surface area contributed by atoms with E-state index < -0.39 is 0 Å². The average molecular weight is 212 g/mol. The van der Waals surface area contributed by atoms with Crippen molar-refractivity contribution < 1.29 is 4.79 Å². The van der Waals surface area contributed by atoms with Gasteiger partial charge in [-0.2, -0.15) is 0 Å². The van der Waals surface area contributed by atoms with Crippen molar-refractivity contribution in [2.45, 2.75) is 26.2 Å². The van der Waals surface area contributed by atoms with Gasteiger partial charge in [0.1, 0.15) is 6.29 Å². The normalized spacial score (nSPS) is 12.6. The summed E-state index contributed by atoms with van der Waals surface area (Å²) in [7, 11) is 0. The quantitative estimate of drug-likeness (QED) is 0.709. The molecule has 1 heteroatoms. The summed E-state index contributed by atoms with van der Waals surface area (Å²) in [6.45, 7) is 4.08. The van der Waals surface area contributed by atoms with Crippen LogP contribution in [-0.2, 0) is 11.2 Å². The zero-order valence-electron chi connectivity index (χ0n) is 9.73. The van der Waals surface area contributed by atoms with Crippen molar-refractivity contribution in [1.82, 2.24) is 0 Å². The van der Waals surface area contributed by atoms with Gasteiger partial charge in [-0.15, -0.1) is 0 Å². The summed E-state index contributed by atoms with van der Waals surface area (Å²) in [6.07, 6.45) is 2.05. The molecule has 0 amide bonds. The first-order valence-corrected chi connectivity index (χ1v) is 5.72. The lowest BCUT2D eigenvalue weighted by molar-refractivity contribution is -0.108. The van der Waals surface area contributed by atoms with E-state index >= 15 is 0 Å². The molecule has 0 heterocycles. The third-order valence-electron chi connectivity index (χ3n) is 3.07. The second kappa shape index (κ2) is 4.48. The molecule has 0 aliphatic rings. The number of fused-ring (bicyclic) bond motifs is 1. The molecule has 0 saturated carbocycles. The van der Waals surface area contributed by atoms with E-state index in [-0.39, 0.29) is 5.92 Å². The van der Waals surface area contributed by atoms with Crippen LogP contribution in [0.15, 0.2) is 36.4 Å². The van der Waals surface area contributed by atoms with E-state index in [1.807, 2.05) is 13.0 Å². The zero-order valence-corrected chi connectivity index (χ0v) is 9.73. The highest BCUT2D eigenvalue weighted by Crippen LogP contribution is 2.21. The Morgan fingerprint density at radius 1 is 1.12 bits per heavy atom. The zero-order chi connectivity index (χ0) is 11.5. The Bertz CT molecular complexity index is 514. The monoisotopic (exact) mass is 212 g/mol. The molecule has 0 N–H and O–H groups in total. The van der Waals surface area contributed by atoms with E-state index in [0.29, 0.717) is 0 Å². The molecule has 1 unspecified atom stereocenters. The summed E-state index contributed by atoms with van der Waals surface area (Å²) in [5.41, 5.74) is 2.44. The number of aldehydes is 1. The fraction of sp³-hybridized carbons (Fsp3) is 0.267. The van der Waals surface area contributed by atoms with Crippen molar-refractivity contribution in [3.05, 3.63) is 47.5 Å². The summed E-state index contributed by atoms with van der Waals surface area (Å²) >= 11 is 0. The Labute approximate surface area is 96.1 Å². The Morgan fingerprint density at radius 2 is 1.81 bits per heavy atom. The number of rotatable bonds is 3. The van der Waals surface area contributed by atoms with Crippen LogP contribution in [0.4, 0.5) is 0 Å². The van der Waals surface area contributed by atoms with E-state index in [1.165, 1.54) is 16.3 Å².